The van der Waals surface area contributed by atoms with Gasteiger partial charge in [0.2, 0.25) is 10.0 Å². The zero-order valence-corrected chi connectivity index (χ0v) is 16.2. The first kappa shape index (κ1) is 20.6. The van der Waals surface area contributed by atoms with Crippen molar-refractivity contribution in [3.63, 3.8) is 0 Å². The monoisotopic (exact) mass is 393 g/mol. The van der Waals surface area contributed by atoms with Crippen LogP contribution in [0.3, 0.4) is 0 Å². The van der Waals surface area contributed by atoms with Crippen LogP contribution in [0.1, 0.15) is 37.2 Å². The fraction of sp³-hybridized carbons (Fsp3) is 0.353. The van der Waals surface area contributed by atoms with E-state index in [-0.39, 0.29) is 10.5 Å². The number of nitrogens with one attached hydrogen (secondary N) is 2. The van der Waals surface area contributed by atoms with E-state index in [0.29, 0.717) is 13.1 Å². The molecular weight excluding hydrogens is 370 g/mol. The molecule has 0 bridgehead atoms. The second-order valence-electron chi connectivity index (χ2n) is 5.75. The van der Waals surface area contributed by atoms with Crippen molar-refractivity contribution in [3.8, 4) is 0 Å². The maximum atomic E-state index is 12.6. The van der Waals surface area contributed by atoms with E-state index >= 15 is 0 Å². The van der Waals surface area contributed by atoms with E-state index in [0.717, 1.165) is 0 Å². The van der Waals surface area contributed by atoms with Crippen LogP contribution in [0.5, 0.6) is 0 Å². The highest BCUT2D eigenvalue weighted by atomic mass is 32.2. The minimum atomic E-state index is -3.68. The standard InChI is InChI=1S/C17H23N5O4S/c1-4-22(5-2)27(25,26)15-8-6-7-14(11-15)17(24)20-19-16(23)13(3)21-10-9-18-12-21/h6-13H,4-5H2,1-3H3,(H,19,23)(H,20,24)/t13-/m1/s1. The van der Waals surface area contributed by atoms with Gasteiger partial charge >= 0.3 is 0 Å². The highest BCUT2D eigenvalue weighted by Crippen LogP contribution is 2.17. The Morgan fingerprint density at radius 3 is 2.52 bits per heavy atom. The lowest BCUT2D eigenvalue weighted by Crippen LogP contribution is -2.44. The molecule has 2 aromatic rings. The topological polar surface area (TPSA) is 113 Å². The second kappa shape index (κ2) is 8.78. The van der Waals surface area contributed by atoms with Gasteiger partial charge in [0.1, 0.15) is 6.04 Å². The molecule has 1 atom stereocenters. The summed E-state index contributed by atoms with van der Waals surface area (Å²) in [6, 6.07) is 5.11. The molecule has 27 heavy (non-hydrogen) atoms. The minimum absolute atomic E-state index is 0.0250. The van der Waals surface area contributed by atoms with Gasteiger partial charge in [-0.25, -0.2) is 13.4 Å². The van der Waals surface area contributed by atoms with Gasteiger partial charge in [0, 0.05) is 31.0 Å². The van der Waals surface area contributed by atoms with Gasteiger partial charge in [-0.2, -0.15) is 4.31 Å². The Morgan fingerprint density at radius 1 is 1.22 bits per heavy atom. The molecule has 2 rings (SSSR count). The van der Waals surface area contributed by atoms with E-state index in [1.165, 1.54) is 34.9 Å². The number of benzene rings is 1. The molecule has 2 N–H and O–H groups in total. The van der Waals surface area contributed by atoms with Crippen LogP contribution in [-0.2, 0) is 14.8 Å². The van der Waals surface area contributed by atoms with E-state index in [1.54, 1.807) is 37.7 Å². The second-order valence-corrected chi connectivity index (χ2v) is 7.68. The first-order valence-corrected chi connectivity index (χ1v) is 9.93. The van der Waals surface area contributed by atoms with Crippen molar-refractivity contribution < 1.29 is 18.0 Å². The summed E-state index contributed by atoms with van der Waals surface area (Å²) in [4.78, 5) is 28.3. The Kier molecular flexibility index (Phi) is 6.70. The zero-order chi connectivity index (χ0) is 20.0. The van der Waals surface area contributed by atoms with Crippen molar-refractivity contribution in [1.29, 1.82) is 0 Å². The molecule has 0 fully saturated rings. The molecule has 9 nitrogen and oxygen atoms in total. The Bertz CT molecular complexity index is 892. The molecule has 0 spiro atoms. The minimum Gasteiger partial charge on any atom is -0.325 e. The Balaban J connectivity index is 2.08. The third-order valence-corrected chi connectivity index (χ3v) is 6.14. The third-order valence-electron chi connectivity index (χ3n) is 4.09. The number of nitrogens with zero attached hydrogens (tertiary/aromatic N) is 3. The average molecular weight is 393 g/mol. The summed E-state index contributed by atoms with van der Waals surface area (Å²) in [5, 5.41) is 0. The quantitative estimate of drug-likeness (QED) is 0.680. The first-order chi connectivity index (χ1) is 12.8. The van der Waals surface area contributed by atoms with Crippen LogP contribution in [0.4, 0.5) is 0 Å². The number of amides is 2. The smallest absolute Gasteiger partial charge is 0.269 e. The van der Waals surface area contributed by atoms with Crippen molar-refractivity contribution in [2.75, 3.05) is 13.1 Å². The first-order valence-electron chi connectivity index (χ1n) is 8.49. The average Bonchev–Trinajstić information content (AvgIpc) is 3.20. The van der Waals surface area contributed by atoms with E-state index < -0.39 is 27.9 Å². The lowest BCUT2D eigenvalue weighted by molar-refractivity contribution is -0.124. The molecule has 0 aliphatic carbocycles. The molecule has 2 amide bonds. The lowest BCUT2D eigenvalue weighted by atomic mass is 10.2. The predicted molar refractivity (Wildman–Crippen MR) is 99.1 cm³/mol. The lowest BCUT2D eigenvalue weighted by Gasteiger charge is -2.19. The SMILES string of the molecule is CCN(CC)S(=O)(=O)c1cccc(C(=O)NNC(=O)[C@@H](C)n2ccnc2)c1. The largest absolute Gasteiger partial charge is 0.325 e. The summed E-state index contributed by atoms with van der Waals surface area (Å²) >= 11 is 0. The van der Waals surface area contributed by atoms with Crippen LogP contribution in [0.15, 0.2) is 47.9 Å². The number of hydrogen-bond acceptors (Lipinski definition) is 5. The number of sulfonamides is 1. The van der Waals surface area contributed by atoms with Gasteiger partial charge in [-0.3, -0.25) is 20.4 Å². The number of hydrazine groups is 1. The van der Waals surface area contributed by atoms with Crippen molar-refractivity contribution in [3.05, 3.63) is 48.5 Å². The summed E-state index contributed by atoms with van der Waals surface area (Å²) in [5.41, 5.74) is 4.75. The number of aromatic nitrogens is 2. The van der Waals surface area contributed by atoms with Crippen LogP contribution in [0, 0.1) is 0 Å². The molecule has 0 radical (unpaired) electrons. The van der Waals surface area contributed by atoms with Gasteiger partial charge in [-0.05, 0) is 25.1 Å². The van der Waals surface area contributed by atoms with Gasteiger partial charge in [0.05, 0.1) is 11.2 Å². The zero-order valence-electron chi connectivity index (χ0n) is 15.4. The molecule has 0 aliphatic rings. The van der Waals surface area contributed by atoms with E-state index in [9.17, 15) is 18.0 Å². The van der Waals surface area contributed by atoms with Crippen LogP contribution in [-0.4, -0.2) is 47.2 Å². The van der Waals surface area contributed by atoms with Crippen molar-refractivity contribution in [2.24, 2.45) is 0 Å². The normalized spacial score (nSPS) is 12.6. The highest BCUT2D eigenvalue weighted by Gasteiger charge is 2.23. The molecule has 1 heterocycles. The van der Waals surface area contributed by atoms with Gasteiger partial charge in [0.15, 0.2) is 0 Å². The van der Waals surface area contributed by atoms with Crippen LogP contribution in [0.2, 0.25) is 0 Å². The molecule has 146 valence electrons. The summed E-state index contributed by atoms with van der Waals surface area (Å²) in [7, 11) is -3.68. The molecule has 0 saturated carbocycles. The van der Waals surface area contributed by atoms with E-state index in [2.05, 4.69) is 15.8 Å². The van der Waals surface area contributed by atoms with Crippen LogP contribution >= 0.6 is 0 Å². The number of carbonyl (C=O) groups excluding carboxylic acids is 2. The highest BCUT2D eigenvalue weighted by molar-refractivity contribution is 7.89. The molecule has 0 aliphatic heterocycles. The summed E-state index contributed by atoms with van der Waals surface area (Å²) in [6.07, 6.45) is 4.67. The molecular formula is C17H23N5O4S. The third kappa shape index (κ3) is 4.72. The fourth-order valence-corrected chi connectivity index (χ4v) is 3.94. The molecule has 1 aromatic carbocycles. The van der Waals surface area contributed by atoms with Crippen molar-refractivity contribution in [1.82, 2.24) is 24.7 Å². The summed E-state index contributed by atoms with van der Waals surface area (Å²) in [5.74, 6) is -1.05. The molecule has 10 heteroatoms. The molecule has 0 unspecified atom stereocenters. The predicted octanol–water partition coefficient (Wildman–Crippen LogP) is 0.936. The van der Waals surface area contributed by atoms with Crippen molar-refractivity contribution >= 4 is 21.8 Å². The molecule has 0 saturated heterocycles. The fourth-order valence-electron chi connectivity index (χ4n) is 2.44. The Morgan fingerprint density at radius 2 is 1.93 bits per heavy atom. The maximum Gasteiger partial charge on any atom is 0.269 e. The molecule has 1 aromatic heterocycles. The van der Waals surface area contributed by atoms with E-state index in [4.69, 9.17) is 0 Å². The van der Waals surface area contributed by atoms with Crippen molar-refractivity contribution in [2.45, 2.75) is 31.7 Å². The Labute approximate surface area is 158 Å². The number of imidazole rings is 1. The Hall–Kier alpha value is -2.72. The van der Waals surface area contributed by atoms with Crippen LogP contribution in [0.25, 0.3) is 0 Å². The number of rotatable bonds is 7. The van der Waals surface area contributed by atoms with Gasteiger partial charge in [-0.1, -0.05) is 19.9 Å². The number of carbonyl (C=O) groups is 2. The summed E-state index contributed by atoms with van der Waals surface area (Å²) < 4.78 is 28.0. The van der Waals surface area contributed by atoms with Crippen LogP contribution < -0.4 is 10.9 Å². The van der Waals surface area contributed by atoms with Gasteiger partial charge in [0.25, 0.3) is 11.8 Å². The maximum absolute atomic E-state index is 12.6. The van der Waals surface area contributed by atoms with E-state index in [1.807, 2.05) is 0 Å². The summed E-state index contributed by atoms with van der Waals surface area (Å²) in [6.45, 7) is 5.80. The van der Waals surface area contributed by atoms with Gasteiger partial charge in [-0.15, -0.1) is 0 Å². The van der Waals surface area contributed by atoms with Gasteiger partial charge < -0.3 is 4.57 Å². The number of hydrogen-bond donors (Lipinski definition) is 2.